The van der Waals surface area contributed by atoms with Gasteiger partial charge in [0.2, 0.25) is 0 Å². The summed E-state index contributed by atoms with van der Waals surface area (Å²) in [6, 6.07) is 0. The average molecular weight is 232 g/mol. The average Bonchev–Trinajstić information content (AvgIpc) is 2.81. The summed E-state index contributed by atoms with van der Waals surface area (Å²) in [6.45, 7) is 11.5. The Morgan fingerprint density at radius 3 is 2.71 bits per heavy atom. The van der Waals surface area contributed by atoms with Gasteiger partial charge in [0.1, 0.15) is 0 Å². The van der Waals surface area contributed by atoms with Crippen LogP contribution in [0.3, 0.4) is 0 Å². The van der Waals surface area contributed by atoms with E-state index in [1.54, 1.807) is 5.57 Å². The van der Waals surface area contributed by atoms with Crippen LogP contribution in [0.15, 0.2) is 23.8 Å². The molecule has 3 rings (SSSR count). The van der Waals surface area contributed by atoms with E-state index in [-0.39, 0.29) is 11.0 Å². The van der Waals surface area contributed by atoms with E-state index in [0.717, 1.165) is 12.3 Å². The normalized spacial score (nSPS) is 46.9. The number of allylic oxidation sites excluding steroid dienone is 2. The van der Waals surface area contributed by atoms with Crippen molar-refractivity contribution in [3.05, 3.63) is 23.8 Å². The van der Waals surface area contributed by atoms with Crippen molar-refractivity contribution < 1.29 is 4.74 Å². The Balaban J connectivity index is 2.18. The number of ether oxygens (including phenoxy) is 1. The number of hydrogen-bond acceptors (Lipinski definition) is 1. The summed E-state index contributed by atoms with van der Waals surface area (Å²) >= 11 is 0. The summed E-state index contributed by atoms with van der Waals surface area (Å²) in [5, 5.41) is 0. The highest BCUT2D eigenvalue weighted by Gasteiger charge is 2.64. The van der Waals surface area contributed by atoms with Gasteiger partial charge in [0.15, 0.2) is 0 Å². The third-order valence-electron chi connectivity index (χ3n) is 6.10. The highest BCUT2D eigenvalue weighted by molar-refractivity contribution is 5.46. The van der Waals surface area contributed by atoms with Gasteiger partial charge in [0.25, 0.3) is 0 Å². The van der Waals surface area contributed by atoms with Gasteiger partial charge in [-0.05, 0) is 42.6 Å². The van der Waals surface area contributed by atoms with Crippen LogP contribution in [0.5, 0.6) is 0 Å². The zero-order valence-corrected chi connectivity index (χ0v) is 11.6. The molecule has 17 heavy (non-hydrogen) atoms. The van der Waals surface area contributed by atoms with Gasteiger partial charge in [0, 0.05) is 12.5 Å². The van der Waals surface area contributed by atoms with Crippen LogP contribution in [-0.4, -0.2) is 12.7 Å². The zero-order valence-electron chi connectivity index (χ0n) is 11.6. The topological polar surface area (TPSA) is 9.23 Å². The van der Waals surface area contributed by atoms with Gasteiger partial charge in [-0.25, -0.2) is 0 Å². The first-order valence-corrected chi connectivity index (χ1v) is 6.85. The Bertz CT molecular complexity index is 417. The summed E-state index contributed by atoms with van der Waals surface area (Å²) < 4.78 is 5.94. The van der Waals surface area contributed by atoms with Crippen LogP contribution in [0.4, 0.5) is 0 Å². The molecule has 0 aromatic carbocycles. The predicted molar refractivity (Wildman–Crippen MR) is 70.8 cm³/mol. The molecule has 0 amide bonds. The summed E-state index contributed by atoms with van der Waals surface area (Å²) in [6.07, 6.45) is 7.36. The first kappa shape index (κ1) is 11.5. The van der Waals surface area contributed by atoms with Gasteiger partial charge in [0.05, 0.1) is 5.60 Å². The molecule has 0 aliphatic heterocycles. The largest absolute Gasteiger partial charge is 0.374 e. The van der Waals surface area contributed by atoms with Crippen molar-refractivity contribution in [3.63, 3.8) is 0 Å². The van der Waals surface area contributed by atoms with Crippen molar-refractivity contribution in [1.82, 2.24) is 0 Å². The molecule has 3 aliphatic rings. The van der Waals surface area contributed by atoms with Crippen LogP contribution in [0.2, 0.25) is 0 Å². The second kappa shape index (κ2) is 3.06. The number of methoxy groups -OCH3 is 1. The smallest absolute Gasteiger partial charge is 0.0902 e. The second-order valence-electron chi connectivity index (χ2n) is 6.89. The van der Waals surface area contributed by atoms with E-state index in [0.29, 0.717) is 5.41 Å². The highest BCUT2D eigenvalue weighted by atomic mass is 16.5. The molecule has 2 saturated carbocycles. The molecule has 0 aromatic rings. The van der Waals surface area contributed by atoms with Crippen LogP contribution in [0, 0.1) is 16.7 Å². The minimum Gasteiger partial charge on any atom is -0.374 e. The summed E-state index contributed by atoms with van der Waals surface area (Å²) in [4.78, 5) is 0. The molecule has 0 aromatic heterocycles. The van der Waals surface area contributed by atoms with Gasteiger partial charge >= 0.3 is 0 Å². The zero-order chi connectivity index (χ0) is 12.5. The Labute approximate surface area is 105 Å². The van der Waals surface area contributed by atoms with E-state index in [1.165, 1.54) is 24.8 Å². The number of fused-ring (bicyclic) bond motifs is 1. The summed E-state index contributed by atoms with van der Waals surface area (Å²) in [7, 11) is 1.87. The SMILES string of the molecule is C=C1C(C)(C)C2=CCC(C)[C@]23CC[C@@]1(OC)C3. The van der Waals surface area contributed by atoms with Crippen LogP contribution in [0.25, 0.3) is 0 Å². The monoisotopic (exact) mass is 232 g/mol. The standard InChI is InChI=1S/C16H24O/c1-11-6-7-13-14(3,4)12(2)16(17-5)9-8-15(11,13)10-16/h7,11H,2,6,8-10H2,1,3-5H3/t11?,15-,16-/m1/s1. The van der Waals surface area contributed by atoms with Gasteiger partial charge in [-0.3, -0.25) is 0 Å². The molecule has 3 atom stereocenters. The molecule has 1 spiro atoms. The van der Waals surface area contributed by atoms with Crippen molar-refractivity contribution >= 4 is 0 Å². The van der Waals surface area contributed by atoms with Crippen LogP contribution >= 0.6 is 0 Å². The van der Waals surface area contributed by atoms with E-state index in [1.807, 2.05) is 7.11 Å². The van der Waals surface area contributed by atoms with Crippen LogP contribution < -0.4 is 0 Å². The molecule has 0 saturated heterocycles. The first-order valence-electron chi connectivity index (χ1n) is 6.85. The van der Waals surface area contributed by atoms with Crippen molar-refractivity contribution in [3.8, 4) is 0 Å². The lowest BCUT2D eigenvalue weighted by Crippen LogP contribution is -2.47. The fraction of sp³-hybridized carbons (Fsp3) is 0.750. The van der Waals surface area contributed by atoms with Crippen molar-refractivity contribution in [2.24, 2.45) is 16.7 Å². The summed E-state index contributed by atoms with van der Waals surface area (Å²) in [5.41, 5.74) is 3.46. The maximum atomic E-state index is 5.94. The molecule has 0 N–H and O–H groups in total. The van der Waals surface area contributed by atoms with E-state index >= 15 is 0 Å². The molecule has 94 valence electrons. The third-order valence-corrected chi connectivity index (χ3v) is 6.10. The van der Waals surface area contributed by atoms with E-state index in [2.05, 4.69) is 33.4 Å². The Kier molecular flexibility index (Phi) is 2.07. The molecule has 0 radical (unpaired) electrons. The maximum Gasteiger partial charge on any atom is 0.0902 e. The molecule has 2 fully saturated rings. The number of rotatable bonds is 1. The van der Waals surface area contributed by atoms with Gasteiger partial charge in [-0.2, -0.15) is 0 Å². The van der Waals surface area contributed by atoms with E-state index < -0.39 is 0 Å². The minimum atomic E-state index is -0.0422. The first-order chi connectivity index (χ1) is 7.89. The lowest BCUT2D eigenvalue weighted by Gasteiger charge is -2.51. The van der Waals surface area contributed by atoms with Crippen molar-refractivity contribution in [2.75, 3.05) is 7.11 Å². The molecular weight excluding hydrogens is 208 g/mol. The number of hydrogen-bond donors (Lipinski definition) is 0. The molecule has 0 heterocycles. The minimum absolute atomic E-state index is 0.0422. The fourth-order valence-corrected chi connectivity index (χ4v) is 4.92. The van der Waals surface area contributed by atoms with Gasteiger partial charge < -0.3 is 4.74 Å². The molecule has 1 unspecified atom stereocenters. The molecule has 2 bridgehead atoms. The Morgan fingerprint density at radius 2 is 2.06 bits per heavy atom. The Morgan fingerprint density at radius 1 is 1.35 bits per heavy atom. The Hall–Kier alpha value is -0.560. The van der Waals surface area contributed by atoms with E-state index in [9.17, 15) is 0 Å². The molecule has 1 heteroatoms. The van der Waals surface area contributed by atoms with Crippen LogP contribution in [-0.2, 0) is 4.74 Å². The van der Waals surface area contributed by atoms with Gasteiger partial charge in [-0.15, -0.1) is 0 Å². The third kappa shape index (κ3) is 1.10. The molecule has 1 nitrogen and oxygen atoms in total. The van der Waals surface area contributed by atoms with Crippen molar-refractivity contribution in [2.45, 2.75) is 52.1 Å². The highest BCUT2D eigenvalue weighted by Crippen LogP contribution is 2.70. The maximum absolute atomic E-state index is 5.94. The lowest BCUT2D eigenvalue weighted by atomic mass is 9.56. The quantitative estimate of drug-likeness (QED) is 0.618. The summed E-state index contributed by atoms with van der Waals surface area (Å²) in [5.74, 6) is 0.780. The lowest BCUT2D eigenvalue weighted by molar-refractivity contribution is -0.0111. The van der Waals surface area contributed by atoms with Crippen molar-refractivity contribution in [1.29, 1.82) is 0 Å². The fourth-order valence-electron chi connectivity index (χ4n) is 4.92. The van der Waals surface area contributed by atoms with Gasteiger partial charge in [-0.1, -0.05) is 39.0 Å². The molecule has 3 aliphatic carbocycles. The second-order valence-corrected chi connectivity index (χ2v) is 6.89. The molecular formula is C16H24O. The van der Waals surface area contributed by atoms with Crippen LogP contribution in [0.1, 0.15) is 46.5 Å². The predicted octanol–water partition coefficient (Wildman–Crippen LogP) is 4.10. The van der Waals surface area contributed by atoms with E-state index in [4.69, 9.17) is 4.74 Å².